The van der Waals surface area contributed by atoms with Gasteiger partial charge in [-0.2, -0.15) is 9.64 Å². The topological polar surface area (TPSA) is 62.5 Å². The van der Waals surface area contributed by atoms with Crippen LogP contribution in [-0.2, 0) is 6.42 Å². The highest BCUT2D eigenvalue weighted by molar-refractivity contribution is 8.00. The zero-order valence-electron chi connectivity index (χ0n) is 8.54. The maximum Gasteiger partial charge on any atom is 0.176 e. The first-order valence-electron chi connectivity index (χ1n) is 4.68. The second-order valence-electron chi connectivity index (χ2n) is 2.93. The van der Waals surface area contributed by atoms with Gasteiger partial charge in [0.05, 0.1) is 11.6 Å². The third kappa shape index (κ3) is 2.56. The van der Waals surface area contributed by atoms with E-state index in [-0.39, 0.29) is 0 Å². The predicted molar refractivity (Wildman–Crippen MR) is 62.4 cm³/mol. The summed E-state index contributed by atoms with van der Waals surface area (Å²) in [4.78, 5) is 8.50. The number of aryl methyl sites for hydroxylation is 1. The number of hydrogen-bond acceptors (Lipinski definition) is 6. The molecule has 2 heterocycles. The third-order valence-corrected chi connectivity index (χ3v) is 3.54. The van der Waals surface area contributed by atoms with Crippen molar-refractivity contribution in [2.24, 2.45) is 0 Å². The Kier molecular flexibility index (Phi) is 3.49. The Bertz CT molecular complexity index is 530. The highest BCUT2D eigenvalue weighted by Gasteiger charge is 2.05. The second kappa shape index (κ2) is 5.05. The summed E-state index contributed by atoms with van der Waals surface area (Å²) in [5.74, 6) is 0.851. The zero-order valence-corrected chi connectivity index (χ0v) is 10.2. The van der Waals surface area contributed by atoms with Crippen LogP contribution in [0.15, 0.2) is 27.7 Å². The highest BCUT2D eigenvalue weighted by atomic mass is 32.2. The summed E-state index contributed by atoms with van der Waals surface area (Å²) in [5.41, 5.74) is 0.609. The van der Waals surface area contributed by atoms with E-state index < -0.39 is 0 Å². The lowest BCUT2D eigenvalue weighted by atomic mass is 10.3. The molecule has 16 heavy (non-hydrogen) atoms. The smallest absolute Gasteiger partial charge is 0.176 e. The average molecular weight is 248 g/mol. The van der Waals surface area contributed by atoms with Gasteiger partial charge in [-0.25, -0.2) is 9.97 Å². The van der Waals surface area contributed by atoms with Crippen molar-refractivity contribution >= 4 is 23.3 Å². The van der Waals surface area contributed by atoms with Gasteiger partial charge in [0.1, 0.15) is 10.9 Å². The van der Waals surface area contributed by atoms with Gasteiger partial charge in [0, 0.05) is 12.6 Å². The van der Waals surface area contributed by atoms with E-state index in [9.17, 15) is 0 Å². The molecule has 0 aliphatic rings. The van der Waals surface area contributed by atoms with Crippen LogP contribution in [-0.4, -0.2) is 14.3 Å². The lowest BCUT2D eigenvalue weighted by Gasteiger charge is -1.95. The molecular formula is C10H8N4S2. The lowest BCUT2D eigenvalue weighted by Crippen LogP contribution is -1.83. The van der Waals surface area contributed by atoms with Gasteiger partial charge in [-0.05, 0) is 35.4 Å². The lowest BCUT2D eigenvalue weighted by molar-refractivity contribution is 0.970. The van der Waals surface area contributed by atoms with E-state index in [2.05, 4.69) is 20.4 Å². The number of aromatic nitrogens is 3. The molecule has 0 aliphatic carbocycles. The van der Waals surface area contributed by atoms with Crippen molar-refractivity contribution in [3.8, 4) is 6.07 Å². The predicted octanol–water partition coefficient (Wildman–Crippen LogP) is 2.52. The molecule has 80 valence electrons. The third-order valence-electron chi connectivity index (χ3n) is 1.82. The first-order valence-corrected chi connectivity index (χ1v) is 6.27. The minimum atomic E-state index is 0.609. The molecule has 0 spiro atoms. The van der Waals surface area contributed by atoms with E-state index in [0.29, 0.717) is 5.56 Å². The van der Waals surface area contributed by atoms with Crippen molar-refractivity contribution in [3.63, 3.8) is 0 Å². The molecule has 4 nitrogen and oxygen atoms in total. The Hall–Kier alpha value is -1.45. The van der Waals surface area contributed by atoms with Gasteiger partial charge < -0.3 is 0 Å². The van der Waals surface area contributed by atoms with Gasteiger partial charge in [-0.3, -0.25) is 0 Å². The van der Waals surface area contributed by atoms with Crippen LogP contribution in [0.4, 0.5) is 0 Å². The van der Waals surface area contributed by atoms with Crippen molar-refractivity contribution in [3.05, 3.63) is 29.7 Å². The summed E-state index contributed by atoms with van der Waals surface area (Å²) < 4.78 is 5.05. The minimum absolute atomic E-state index is 0.609. The summed E-state index contributed by atoms with van der Waals surface area (Å²) in [6.07, 6.45) is 2.46. The number of nitrogens with zero attached hydrogens (tertiary/aromatic N) is 4. The quantitative estimate of drug-likeness (QED) is 0.835. The standard InChI is InChI=1S/C10H8N4S2/c1-2-8-13-10(16-14-8)15-9-5-7(6-11)3-4-12-9/h3-5H,2H2,1H3. The second-order valence-corrected chi connectivity index (χ2v) is 4.95. The highest BCUT2D eigenvalue weighted by Crippen LogP contribution is 2.27. The van der Waals surface area contributed by atoms with Gasteiger partial charge in [-0.15, -0.1) is 0 Å². The first kappa shape index (κ1) is 11.0. The number of pyridine rings is 1. The van der Waals surface area contributed by atoms with E-state index in [1.54, 1.807) is 18.3 Å². The molecule has 0 bridgehead atoms. The molecule has 2 aromatic rings. The Morgan fingerprint density at radius 3 is 3.12 bits per heavy atom. The van der Waals surface area contributed by atoms with Crippen LogP contribution >= 0.6 is 23.3 Å². The molecule has 0 saturated carbocycles. The van der Waals surface area contributed by atoms with Crippen molar-refractivity contribution in [2.45, 2.75) is 22.7 Å². The van der Waals surface area contributed by atoms with E-state index in [4.69, 9.17) is 5.26 Å². The van der Waals surface area contributed by atoms with Gasteiger partial charge in [0.25, 0.3) is 0 Å². The van der Waals surface area contributed by atoms with Gasteiger partial charge in [-0.1, -0.05) is 6.92 Å². The van der Waals surface area contributed by atoms with Crippen LogP contribution in [0.25, 0.3) is 0 Å². The van der Waals surface area contributed by atoms with E-state index in [1.165, 1.54) is 23.3 Å². The van der Waals surface area contributed by atoms with Crippen molar-refractivity contribution in [1.82, 2.24) is 14.3 Å². The van der Waals surface area contributed by atoms with Crippen LogP contribution in [0.2, 0.25) is 0 Å². The fourth-order valence-corrected chi connectivity index (χ4v) is 2.69. The fourth-order valence-electron chi connectivity index (χ4n) is 1.05. The summed E-state index contributed by atoms with van der Waals surface area (Å²) in [6, 6.07) is 5.51. The van der Waals surface area contributed by atoms with Crippen molar-refractivity contribution in [1.29, 1.82) is 5.26 Å². The molecule has 0 aromatic carbocycles. The molecule has 0 radical (unpaired) electrons. The van der Waals surface area contributed by atoms with E-state index >= 15 is 0 Å². The molecule has 0 aliphatic heterocycles. The van der Waals surface area contributed by atoms with Gasteiger partial charge in [0.2, 0.25) is 0 Å². The van der Waals surface area contributed by atoms with Crippen molar-refractivity contribution in [2.75, 3.05) is 0 Å². The molecular weight excluding hydrogens is 240 g/mol. The van der Waals surface area contributed by atoms with Gasteiger partial charge in [0.15, 0.2) is 4.34 Å². The Morgan fingerprint density at radius 2 is 2.44 bits per heavy atom. The van der Waals surface area contributed by atoms with Crippen molar-refractivity contribution < 1.29 is 0 Å². The maximum absolute atomic E-state index is 8.76. The normalized spacial score (nSPS) is 10.0. The van der Waals surface area contributed by atoms with Gasteiger partial charge >= 0.3 is 0 Å². The molecule has 0 unspecified atom stereocenters. The van der Waals surface area contributed by atoms with Crippen LogP contribution in [0, 0.1) is 11.3 Å². The molecule has 0 atom stereocenters. The fraction of sp³-hybridized carbons (Fsp3) is 0.200. The molecule has 2 aromatic heterocycles. The zero-order chi connectivity index (χ0) is 11.4. The van der Waals surface area contributed by atoms with E-state index in [1.807, 2.05) is 6.92 Å². The summed E-state index contributed by atoms with van der Waals surface area (Å²) in [5, 5.41) is 9.53. The minimum Gasteiger partial charge on any atom is -0.249 e. The number of rotatable bonds is 3. The molecule has 0 saturated heterocycles. The molecule has 2 rings (SSSR count). The maximum atomic E-state index is 8.76. The Morgan fingerprint density at radius 1 is 1.56 bits per heavy atom. The molecule has 6 heteroatoms. The molecule has 0 fully saturated rings. The molecule has 0 amide bonds. The van der Waals surface area contributed by atoms with Crippen LogP contribution in [0.1, 0.15) is 18.3 Å². The Balaban J connectivity index is 2.17. The largest absolute Gasteiger partial charge is 0.249 e. The van der Waals surface area contributed by atoms with E-state index in [0.717, 1.165) is 21.6 Å². The summed E-state index contributed by atoms with van der Waals surface area (Å²) in [7, 11) is 0. The first-order chi connectivity index (χ1) is 7.81. The number of hydrogen-bond donors (Lipinski definition) is 0. The Labute approximate surface area is 102 Å². The summed E-state index contributed by atoms with van der Waals surface area (Å²) >= 11 is 2.80. The molecule has 0 N–H and O–H groups in total. The van der Waals surface area contributed by atoms with Crippen LogP contribution in [0.3, 0.4) is 0 Å². The SMILES string of the molecule is CCc1nsc(Sc2cc(C#N)ccn2)n1. The van der Waals surface area contributed by atoms with Crippen LogP contribution in [0.5, 0.6) is 0 Å². The van der Waals surface area contributed by atoms with Crippen LogP contribution < -0.4 is 0 Å². The monoisotopic (exact) mass is 248 g/mol. The summed E-state index contributed by atoms with van der Waals surface area (Å²) in [6.45, 7) is 2.02. The average Bonchev–Trinajstić information content (AvgIpc) is 2.77. The number of nitriles is 1.